The van der Waals surface area contributed by atoms with Gasteiger partial charge in [-0.2, -0.15) is 5.10 Å². The molecule has 0 saturated heterocycles. The summed E-state index contributed by atoms with van der Waals surface area (Å²) in [6.07, 6.45) is 4.22. The second kappa shape index (κ2) is 3.96. The van der Waals surface area contributed by atoms with Gasteiger partial charge in [-0.15, -0.1) is 0 Å². The highest BCUT2D eigenvalue weighted by atomic mass is 16.5. The van der Waals surface area contributed by atoms with Gasteiger partial charge in [0, 0.05) is 5.56 Å². The topological polar surface area (TPSA) is 44.1 Å². The maximum Gasteiger partial charge on any atom is 0.157 e. The van der Waals surface area contributed by atoms with E-state index in [0.717, 1.165) is 12.0 Å². The summed E-state index contributed by atoms with van der Waals surface area (Å²) < 4.78 is 6.71. The minimum absolute atomic E-state index is 0.651. The van der Waals surface area contributed by atoms with Crippen LogP contribution in [0.2, 0.25) is 0 Å². The molecule has 76 valence electrons. The summed E-state index contributed by atoms with van der Waals surface area (Å²) in [5.41, 5.74) is 1.54. The van der Waals surface area contributed by atoms with Crippen molar-refractivity contribution in [2.75, 3.05) is 7.11 Å². The third-order valence-corrected chi connectivity index (χ3v) is 2.09. The second-order valence-corrected chi connectivity index (χ2v) is 3.03. The first-order chi connectivity index (χ1) is 7.33. The average Bonchev–Trinajstić information content (AvgIpc) is 2.78. The van der Waals surface area contributed by atoms with Crippen LogP contribution in [-0.2, 0) is 0 Å². The number of hydrogen-bond donors (Lipinski definition) is 0. The standard InChI is InChI=1S/C11H10N2O2/c1-15-11-6-12-13(7-11)10-4-2-9(8-14)3-5-10/h2-8H,1H3. The van der Waals surface area contributed by atoms with Gasteiger partial charge in [-0.1, -0.05) is 0 Å². The first-order valence-corrected chi connectivity index (χ1v) is 4.48. The lowest BCUT2D eigenvalue weighted by molar-refractivity contribution is 0.112. The molecule has 0 saturated carbocycles. The Kier molecular flexibility index (Phi) is 2.49. The van der Waals surface area contributed by atoms with Crippen LogP contribution in [-0.4, -0.2) is 23.2 Å². The van der Waals surface area contributed by atoms with Crippen molar-refractivity contribution >= 4 is 6.29 Å². The van der Waals surface area contributed by atoms with Gasteiger partial charge in [0.25, 0.3) is 0 Å². The molecule has 0 spiro atoms. The van der Waals surface area contributed by atoms with Crippen molar-refractivity contribution in [3.05, 3.63) is 42.2 Å². The predicted octanol–water partition coefficient (Wildman–Crippen LogP) is 1.69. The van der Waals surface area contributed by atoms with E-state index in [1.807, 2.05) is 12.1 Å². The lowest BCUT2D eigenvalue weighted by Gasteiger charge is -2.00. The van der Waals surface area contributed by atoms with E-state index in [9.17, 15) is 4.79 Å². The van der Waals surface area contributed by atoms with Crippen molar-refractivity contribution in [1.29, 1.82) is 0 Å². The molecule has 15 heavy (non-hydrogen) atoms. The molecule has 0 aliphatic heterocycles. The Morgan fingerprint density at radius 2 is 2.07 bits per heavy atom. The molecule has 0 unspecified atom stereocenters. The SMILES string of the molecule is COc1cnn(-c2ccc(C=O)cc2)c1. The monoisotopic (exact) mass is 202 g/mol. The number of aldehydes is 1. The molecule has 1 aromatic carbocycles. The van der Waals surface area contributed by atoms with Crippen LogP contribution in [0.1, 0.15) is 10.4 Å². The van der Waals surface area contributed by atoms with Crippen molar-refractivity contribution in [1.82, 2.24) is 9.78 Å². The molecule has 2 rings (SSSR count). The predicted molar refractivity (Wildman–Crippen MR) is 55.5 cm³/mol. The quantitative estimate of drug-likeness (QED) is 0.711. The van der Waals surface area contributed by atoms with Gasteiger partial charge in [0.2, 0.25) is 0 Å². The van der Waals surface area contributed by atoms with Gasteiger partial charge in [-0.05, 0) is 24.3 Å². The van der Waals surface area contributed by atoms with Crippen molar-refractivity contribution in [2.24, 2.45) is 0 Å². The first-order valence-electron chi connectivity index (χ1n) is 4.48. The number of carbonyl (C=O) groups is 1. The van der Waals surface area contributed by atoms with Crippen molar-refractivity contribution in [3.8, 4) is 11.4 Å². The summed E-state index contributed by atoms with van der Waals surface area (Å²) in [5.74, 6) is 0.703. The van der Waals surface area contributed by atoms with E-state index in [1.165, 1.54) is 0 Å². The van der Waals surface area contributed by atoms with E-state index in [-0.39, 0.29) is 0 Å². The largest absolute Gasteiger partial charge is 0.493 e. The molecule has 0 N–H and O–H groups in total. The number of hydrogen-bond acceptors (Lipinski definition) is 3. The maximum absolute atomic E-state index is 10.5. The Morgan fingerprint density at radius 3 is 2.60 bits per heavy atom. The molecule has 4 nitrogen and oxygen atoms in total. The number of methoxy groups -OCH3 is 1. The van der Waals surface area contributed by atoms with Crippen LogP contribution in [0.15, 0.2) is 36.7 Å². The molecule has 1 aromatic heterocycles. The fraction of sp³-hybridized carbons (Fsp3) is 0.0909. The average molecular weight is 202 g/mol. The Labute approximate surface area is 87.1 Å². The minimum Gasteiger partial charge on any atom is -0.493 e. The zero-order valence-corrected chi connectivity index (χ0v) is 8.25. The lowest BCUT2D eigenvalue weighted by atomic mass is 10.2. The number of ether oxygens (including phenoxy) is 1. The molecule has 0 radical (unpaired) electrons. The summed E-state index contributed by atoms with van der Waals surface area (Å²) >= 11 is 0. The first kappa shape index (κ1) is 9.45. The molecule has 1 heterocycles. The molecule has 0 bridgehead atoms. The molecule has 0 aliphatic rings. The molecular formula is C11H10N2O2. The Balaban J connectivity index is 2.32. The highest BCUT2D eigenvalue weighted by molar-refractivity contribution is 5.75. The number of benzene rings is 1. The maximum atomic E-state index is 10.5. The van der Waals surface area contributed by atoms with E-state index in [0.29, 0.717) is 11.3 Å². The molecule has 0 atom stereocenters. The fourth-order valence-electron chi connectivity index (χ4n) is 1.26. The number of rotatable bonds is 3. The highest BCUT2D eigenvalue weighted by Crippen LogP contribution is 2.13. The van der Waals surface area contributed by atoms with E-state index in [1.54, 1.807) is 36.3 Å². The van der Waals surface area contributed by atoms with E-state index < -0.39 is 0 Å². The highest BCUT2D eigenvalue weighted by Gasteiger charge is 2.00. The zero-order chi connectivity index (χ0) is 10.7. The Hall–Kier alpha value is -2.10. The van der Waals surface area contributed by atoms with Gasteiger partial charge < -0.3 is 4.74 Å². The fourth-order valence-corrected chi connectivity index (χ4v) is 1.26. The van der Waals surface area contributed by atoms with Crippen LogP contribution in [0.25, 0.3) is 5.69 Å². The summed E-state index contributed by atoms with van der Waals surface area (Å²) in [6, 6.07) is 7.15. The van der Waals surface area contributed by atoms with Crippen LogP contribution in [0.5, 0.6) is 5.75 Å². The summed E-state index contributed by atoms with van der Waals surface area (Å²) in [7, 11) is 1.59. The molecule has 4 heteroatoms. The van der Waals surface area contributed by atoms with Gasteiger partial charge in [-0.25, -0.2) is 4.68 Å². The summed E-state index contributed by atoms with van der Waals surface area (Å²) in [5, 5.41) is 4.12. The zero-order valence-electron chi connectivity index (χ0n) is 8.25. The van der Waals surface area contributed by atoms with Gasteiger partial charge in [-0.3, -0.25) is 4.79 Å². The van der Waals surface area contributed by atoms with Crippen LogP contribution in [0.4, 0.5) is 0 Å². The second-order valence-electron chi connectivity index (χ2n) is 3.03. The molecule has 2 aromatic rings. The summed E-state index contributed by atoms with van der Waals surface area (Å²) in [4.78, 5) is 10.5. The van der Waals surface area contributed by atoms with E-state index in [4.69, 9.17) is 4.74 Å². The van der Waals surface area contributed by atoms with Crippen molar-refractivity contribution in [2.45, 2.75) is 0 Å². The van der Waals surface area contributed by atoms with Crippen molar-refractivity contribution in [3.63, 3.8) is 0 Å². The molecular weight excluding hydrogens is 192 g/mol. The summed E-state index contributed by atoms with van der Waals surface area (Å²) in [6.45, 7) is 0. The molecule has 0 fully saturated rings. The molecule has 0 amide bonds. The Morgan fingerprint density at radius 1 is 1.33 bits per heavy atom. The van der Waals surface area contributed by atoms with Gasteiger partial charge >= 0.3 is 0 Å². The van der Waals surface area contributed by atoms with Crippen LogP contribution >= 0.6 is 0 Å². The number of carbonyl (C=O) groups excluding carboxylic acids is 1. The van der Waals surface area contributed by atoms with Crippen LogP contribution < -0.4 is 4.74 Å². The van der Waals surface area contributed by atoms with E-state index in [2.05, 4.69) is 5.10 Å². The van der Waals surface area contributed by atoms with Crippen molar-refractivity contribution < 1.29 is 9.53 Å². The third kappa shape index (κ3) is 1.88. The smallest absolute Gasteiger partial charge is 0.157 e. The Bertz CT molecular complexity index is 460. The third-order valence-electron chi connectivity index (χ3n) is 2.09. The van der Waals surface area contributed by atoms with Crippen LogP contribution in [0.3, 0.4) is 0 Å². The van der Waals surface area contributed by atoms with Gasteiger partial charge in [0.05, 0.1) is 25.2 Å². The van der Waals surface area contributed by atoms with E-state index >= 15 is 0 Å². The van der Waals surface area contributed by atoms with Gasteiger partial charge in [0.15, 0.2) is 5.75 Å². The number of nitrogens with zero attached hydrogens (tertiary/aromatic N) is 2. The van der Waals surface area contributed by atoms with Crippen LogP contribution in [0, 0.1) is 0 Å². The molecule has 0 aliphatic carbocycles. The lowest BCUT2D eigenvalue weighted by Crippen LogP contribution is -1.94. The van der Waals surface area contributed by atoms with Gasteiger partial charge in [0.1, 0.15) is 6.29 Å². The normalized spacial score (nSPS) is 9.93. The minimum atomic E-state index is 0.651. The number of aromatic nitrogens is 2.